The van der Waals surface area contributed by atoms with E-state index in [0.717, 1.165) is 19.3 Å². The summed E-state index contributed by atoms with van der Waals surface area (Å²) >= 11 is 7.51. The van der Waals surface area contributed by atoms with Crippen molar-refractivity contribution in [1.82, 2.24) is 4.57 Å². The van der Waals surface area contributed by atoms with E-state index in [1.54, 1.807) is 6.92 Å². The largest absolute Gasteiger partial charge is 0.307 e. The maximum atomic E-state index is 12.2. The SMILES string of the molecule is Cc1c([N+](=O)[O-])cn(CC2(CS)CCC2)c(=O)c1Br. The summed E-state index contributed by atoms with van der Waals surface area (Å²) in [5, 5.41) is 11.0. The first kappa shape index (κ1) is 14.6. The van der Waals surface area contributed by atoms with E-state index < -0.39 is 4.92 Å². The van der Waals surface area contributed by atoms with E-state index in [1.807, 2.05) is 0 Å². The number of halogens is 1. The normalized spacial score (nSPS) is 17.0. The second-order valence-electron chi connectivity index (χ2n) is 5.16. The molecule has 0 aromatic carbocycles. The highest BCUT2D eigenvalue weighted by Crippen LogP contribution is 2.43. The predicted molar refractivity (Wildman–Crippen MR) is 79.9 cm³/mol. The number of hydrogen-bond acceptors (Lipinski definition) is 4. The molecule has 1 fully saturated rings. The number of rotatable bonds is 4. The zero-order valence-corrected chi connectivity index (χ0v) is 13.0. The maximum Gasteiger partial charge on any atom is 0.289 e. The zero-order chi connectivity index (χ0) is 14.2. The molecule has 104 valence electrons. The Labute approximate surface area is 124 Å². The van der Waals surface area contributed by atoms with Crippen LogP contribution in [0.3, 0.4) is 0 Å². The molecule has 1 aromatic heterocycles. The Morgan fingerprint density at radius 3 is 2.63 bits per heavy atom. The average Bonchev–Trinajstić information content (AvgIpc) is 2.33. The van der Waals surface area contributed by atoms with Gasteiger partial charge in [-0.3, -0.25) is 14.9 Å². The minimum absolute atomic E-state index is 0.00943. The Hall–Kier alpha value is -0.820. The molecular weight excluding hydrogens is 332 g/mol. The fourth-order valence-electron chi connectivity index (χ4n) is 2.41. The lowest BCUT2D eigenvalue weighted by molar-refractivity contribution is -0.386. The van der Waals surface area contributed by atoms with E-state index in [0.29, 0.717) is 17.9 Å². The molecule has 1 aromatic rings. The smallest absolute Gasteiger partial charge is 0.289 e. The van der Waals surface area contributed by atoms with E-state index >= 15 is 0 Å². The van der Waals surface area contributed by atoms with Crippen LogP contribution in [0.2, 0.25) is 0 Å². The lowest BCUT2D eigenvalue weighted by Crippen LogP contribution is -2.39. The predicted octanol–water partition coefficient (Wildman–Crippen LogP) is 2.93. The van der Waals surface area contributed by atoms with Crippen LogP contribution in [-0.2, 0) is 6.54 Å². The summed E-state index contributed by atoms with van der Waals surface area (Å²) < 4.78 is 1.72. The summed E-state index contributed by atoms with van der Waals surface area (Å²) in [4.78, 5) is 22.7. The molecule has 0 saturated heterocycles. The van der Waals surface area contributed by atoms with Gasteiger partial charge in [0.2, 0.25) is 0 Å². The maximum absolute atomic E-state index is 12.2. The van der Waals surface area contributed by atoms with Crippen LogP contribution in [0.15, 0.2) is 15.5 Å². The van der Waals surface area contributed by atoms with Crippen molar-refractivity contribution in [3.63, 3.8) is 0 Å². The summed E-state index contributed by atoms with van der Waals surface area (Å²) in [6, 6.07) is 0. The molecule has 0 bridgehead atoms. The van der Waals surface area contributed by atoms with Gasteiger partial charge in [-0.15, -0.1) is 0 Å². The van der Waals surface area contributed by atoms with E-state index in [1.165, 1.54) is 10.8 Å². The molecule has 1 aliphatic carbocycles. The third-order valence-corrected chi connectivity index (χ3v) is 5.50. The van der Waals surface area contributed by atoms with Crippen LogP contribution in [0, 0.1) is 22.5 Å². The molecule has 7 heteroatoms. The molecule has 0 amide bonds. The van der Waals surface area contributed by atoms with E-state index in [4.69, 9.17) is 0 Å². The van der Waals surface area contributed by atoms with Crippen molar-refractivity contribution in [2.24, 2.45) is 5.41 Å². The molecule has 0 radical (unpaired) electrons. The first-order valence-corrected chi connectivity index (χ1v) is 7.47. The first-order valence-electron chi connectivity index (χ1n) is 6.05. The lowest BCUT2D eigenvalue weighted by Gasteiger charge is -2.41. The minimum atomic E-state index is -0.454. The molecule has 1 heterocycles. The monoisotopic (exact) mass is 346 g/mol. The third kappa shape index (κ3) is 2.58. The van der Waals surface area contributed by atoms with Gasteiger partial charge in [-0.2, -0.15) is 12.6 Å². The van der Waals surface area contributed by atoms with Gasteiger partial charge < -0.3 is 4.57 Å². The van der Waals surface area contributed by atoms with Crippen LogP contribution in [-0.4, -0.2) is 15.2 Å². The van der Waals surface area contributed by atoms with Gasteiger partial charge in [0, 0.05) is 12.1 Å². The van der Waals surface area contributed by atoms with Crippen molar-refractivity contribution in [3.8, 4) is 0 Å². The van der Waals surface area contributed by atoms with Crippen molar-refractivity contribution < 1.29 is 4.92 Å². The zero-order valence-electron chi connectivity index (χ0n) is 10.6. The van der Waals surface area contributed by atoms with Gasteiger partial charge in [-0.1, -0.05) is 6.42 Å². The number of nitro groups is 1. The standard InChI is InChI=1S/C12H15BrN2O3S/c1-8-9(15(17)18)5-14(11(16)10(8)13)6-12(7-19)3-2-4-12/h5,19H,2-4,6-7H2,1H3. The molecule has 0 atom stereocenters. The number of thiol groups is 1. The molecule has 1 aliphatic rings. The number of nitrogens with zero attached hydrogens (tertiary/aromatic N) is 2. The summed E-state index contributed by atoms with van der Waals surface area (Å²) in [6.45, 7) is 2.07. The minimum Gasteiger partial charge on any atom is -0.307 e. The highest BCUT2D eigenvalue weighted by molar-refractivity contribution is 9.10. The number of hydrogen-bond donors (Lipinski definition) is 1. The summed E-state index contributed by atoms with van der Waals surface area (Å²) in [6.07, 6.45) is 4.51. The van der Waals surface area contributed by atoms with Gasteiger partial charge in [-0.05, 0) is 46.9 Å². The van der Waals surface area contributed by atoms with Gasteiger partial charge >= 0.3 is 0 Å². The quantitative estimate of drug-likeness (QED) is 0.517. The highest BCUT2D eigenvalue weighted by atomic mass is 79.9. The van der Waals surface area contributed by atoms with Crippen molar-refractivity contribution in [3.05, 3.63) is 36.7 Å². The molecule has 2 rings (SSSR count). The number of pyridine rings is 1. The molecule has 0 aliphatic heterocycles. The Morgan fingerprint density at radius 1 is 1.58 bits per heavy atom. The van der Waals surface area contributed by atoms with Crippen LogP contribution >= 0.6 is 28.6 Å². The van der Waals surface area contributed by atoms with Gasteiger partial charge in [0.1, 0.15) is 0 Å². The van der Waals surface area contributed by atoms with Crippen molar-refractivity contribution in [2.75, 3.05) is 5.75 Å². The van der Waals surface area contributed by atoms with Gasteiger partial charge in [0.15, 0.2) is 0 Å². The van der Waals surface area contributed by atoms with Crippen LogP contribution in [0.4, 0.5) is 5.69 Å². The van der Waals surface area contributed by atoms with Crippen LogP contribution in [0.1, 0.15) is 24.8 Å². The fourth-order valence-corrected chi connectivity index (χ4v) is 3.25. The Kier molecular flexibility index (Phi) is 4.06. The summed E-state index contributed by atoms with van der Waals surface area (Å²) in [5.41, 5.74) is 0.145. The summed E-state index contributed by atoms with van der Waals surface area (Å²) in [5.74, 6) is 0.693. The van der Waals surface area contributed by atoms with Gasteiger partial charge in [-0.25, -0.2) is 0 Å². The van der Waals surface area contributed by atoms with Crippen molar-refractivity contribution in [2.45, 2.75) is 32.7 Å². The highest BCUT2D eigenvalue weighted by Gasteiger charge is 2.36. The van der Waals surface area contributed by atoms with Crippen molar-refractivity contribution >= 4 is 34.2 Å². The molecule has 5 nitrogen and oxygen atoms in total. The molecule has 1 saturated carbocycles. The molecule has 0 spiro atoms. The van der Waals surface area contributed by atoms with E-state index in [2.05, 4.69) is 28.6 Å². The Bertz CT molecular complexity index is 576. The molecule has 0 unspecified atom stereocenters. The number of aromatic nitrogens is 1. The van der Waals surface area contributed by atoms with Crippen LogP contribution in [0.25, 0.3) is 0 Å². The van der Waals surface area contributed by atoms with Crippen LogP contribution in [0.5, 0.6) is 0 Å². The second-order valence-corrected chi connectivity index (χ2v) is 6.26. The van der Waals surface area contributed by atoms with Crippen molar-refractivity contribution in [1.29, 1.82) is 0 Å². The molecule has 0 N–H and O–H groups in total. The van der Waals surface area contributed by atoms with Gasteiger partial charge in [0.05, 0.1) is 15.6 Å². The molecule has 19 heavy (non-hydrogen) atoms. The van der Waals surface area contributed by atoms with Crippen LogP contribution < -0.4 is 5.56 Å². The Morgan fingerprint density at radius 2 is 2.21 bits per heavy atom. The fraction of sp³-hybridized carbons (Fsp3) is 0.583. The molecular formula is C12H15BrN2O3S. The third-order valence-electron chi connectivity index (χ3n) is 3.89. The topological polar surface area (TPSA) is 65.1 Å². The van der Waals surface area contributed by atoms with Gasteiger partial charge in [0.25, 0.3) is 11.2 Å². The lowest BCUT2D eigenvalue weighted by atomic mass is 9.70. The van der Waals surface area contributed by atoms with E-state index in [-0.39, 0.29) is 21.1 Å². The second kappa shape index (κ2) is 5.28. The average molecular weight is 347 g/mol. The Balaban J connectivity index is 2.46. The first-order chi connectivity index (χ1) is 8.90. The summed E-state index contributed by atoms with van der Waals surface area (Å²) in [7, 11) is 0. The van der Waals surface area contributed by atoms with E-state index in [9.17, 15) is 14.9 Å².